The molecule has 7 nitrogen and oxygen atoms in total. The van der Waals surface area contributed by atoms with Crippen LogP contribution in [0.25, 0.3) is 0 Å². The van der Waals surface area contributed by atoms with Crippen LogP contribution in [0.2, 0.25) is 0 Å². The van der Waals surface area contributed by atoms with E-state index in [0.29, 0.717) is 24.3 Å². The van der Waals surface area contributed by atoms with E-state index >= 15 is 0 Å². The number of para-hydroxylation sites is 1. The van der Waals surface area contributed by atoms with Gasteiger partial charge in [0.2, 0.25) is 5.91 Å². The second kappa shape index (κ2) is 9.53. The summed E-state index contributed by atoms with van der Waals surface area (Å²) >= 11 is 0. The first-order valence-corrected chi connectivity index (χ1v) is 10.8. The van der Waals surface area contributed by atoms with Gasteiger partial charge in [-0.25, -0.2) is 4.79 Å². The van der Waals surface area contributed by atoms with Crippen LogP contribution in [0.15, 0.2) is 36.4 Å². The van der Waals surface area contributed by atoms with Crippen molar-refractivity contribution in [2.75, 3.05) is 6.61 Å². The fourth-order valence-electron chi connectivity index (χ4n) is 4.00. The van der Waals surface area contributed by atoms with Gasteiger partial charge in [0, 0.05) is 13.1 Å². The Bertz CT molecular complexity index is 980. The number of fused-ring (bicyclic) bond motifs is 2. The number of amides is 1. The molecule has 2 aliphatic heterocycles. The van der Waals surface area contributed by atoms with Crippen LogP contribution in [0, 0.1) is 0 Å². The van der Waals surface area contributed by atoms with Gasteiger partial charge in [-0.1, -0.05) is 43.7 Å². The molecule has 0 aromatic heterocycles. The van der Waals surface area contributed by atoms with Crippen LogP contribution in [-0.4, -0.2) is 36.6 Å². The van der Waals surface area contributed by atoms with Crippen LogP contribution in [0.4, 0.5) is 0 Å². The van der Waals surface area contributed by atoms with E-state index in [1.54, 1.807) is 12.1 Å². The van der Waals surface area contributed by atoms with E-state index in [2.05, 4.69) is 16.7 Å². The lowest BCUT2D eigenvalue weighted by Gasteiger charge is -2.29. The smallest absolute Gasteiger partial charge is 0.534 e. The Morgan fingerprint density at radius 3 is 2.90 bits per heavy atom. The molecular weight excluding hydrogens is 395 g/mol. The lowest BCUT2D eigenvalue weighted by atomic mass is 9.72. The first kappa shape index (κ1) is 21.4. The third-order valence-corrected chi connectivity index (χ3v) is 5.68. The molecular formula is C23H27BN2O5. The maximum Gasteiger partial charge on any atom is 0.547 e. The van der Waals surface area contributed by atoms with Crippen molar-refractivity contribution < 1.29 is 24.0 Å². The van der Waals surface area contributed by atoms with E-state index in [-0.39, 0.29) is 12.3 Å². The van der Waals surface area contributed by atoms with Gasteiger partial charge in [-0.3, -0.25) is 4.79 Å². The Kier molecular flexibility index (Phi) is 6.58. The van der Waals surface area contributed by atoms with Gasteiger partial charge in [0.15, 0.2) is 0 Å². The second-order valence-corrected chi connectivity index (χ2v) is 8.05. The highest BCUT2D eigenvalue weighted by atomic mass is 16.5. The first-order valence-electron chi connectivity index (χ1n) is 10.8. The summed E-state index contributed by atoms with van der Waals surface area (Å²) in [5.74, 6) is -0.918. The van der Waals surface area contributed by atoms with Gasteiger partial charge in [0.25, 0.3) is 0 Å². The predicted octanol–water partition coefficient (Wildman–Crippen LogP) is 1.93. The summed E-state index contributed by atoms with van der Waals surface area (Å²) < 4.78 is 10.9. The average molecular weight is 422 g/mol. The van der Waals surface area contributed by atoms with Crippen molar-refractivity contribution in [1.29, 1.82) is 0 Å². The number of benzene rings is 2. The van der Waals surface area contributed by atoms with Crippen LogP contribution in [0.5, 0.6) is 5.75 Å². The summed E-state index contributed by atoms with van der Waals surface area (Å²) in [5.41, 5.74) is 4.47. The minimum atomic E-state index is -1.25. The molecule has 1 amide bonds. The molecule has 8 heteroatoms. The molecule has 0 saturated carbocycles. The van der Waals surface area contributed by atoms with Gasteiger partial charge >= 0.3 is 13.1 Å². The Balaban J connectivity index is 1.40. The molecule has 4 rings (SSSR count). The van der Waals surface area contributed by atoms with Gasteiger partial charge in [-0.15, -0.1) is 0 Å². The van der Waals surface area contributed by atoms with Crippen molar-refractivity contribution in [3.63, 3.8) is 0 Å². The lowest BCUT2D eigenvalue weighted by molar-refractivity contribution is -0.120. The number of unbranched alkanes of at least 4 members (excludes halogenated alkanes) is 1. The molecule has 0 aliphatic carbocycles. The number of carbonyl (C=O) groups is 2. The van der Waals surface area contributed by atoms with Gasteiger partial charge in [0.1, 0.15) is 11.3 Å². The van der Waals surface area contributed by atoms with E-state index < -0.39 is 19.0 Å². The lowest BCUT2D eigenvalue weighted by Crippen LogP contribution is -2.53. The fraction of sp³-hybridized carbons (Fsp3) is 0.391. The van der Waals surface area contributed by atoms with Gasteiger partial charge in [-0.05, 0) is 41.2 Å². The second-order valence-electron chi connectivity index (χ2n) is 8.05. The summed E-state index contributed by atoms with van der Waals surface area (Å²) in [6, 6.07) is 11.3. The summed E-state index contributed by atoms with van der Waals surface area (Å²) in [6.45, 7) is 4.05. The number of esters is 1. The topological polar surface area (TPSA) is 96.9 Å². The van der Waals surface area contributed by atoms with Crippen LogP contribution >= 0.6 is 0 Å². The van der Waals surface area contributed by atoms with E-state index in [9.17, 15) is 14.6 Å². The maximum absolute atomic E-state index is 12.6. The molecule has 2 aromatic rings. The number of hydrogen-bond donors (Lipinski definition) is 3. The first-order chi connectivity index (χ1) is 15.0. The molecule has 31 heavy (non-hydrogen) atoms. The molecule has 0 spiro atoms. The molecule has 2 aliphatic rings. The van der Waals surface area contributed by atoms with E-state index in [1.807, 2.05) is 25.1 Å². The molecule has 0 bridgehead atoms. The van der Waals surface area contributed by atoms with Crippen molar-refractivity contribution in [2.45, 2.75) is 51.6 Å². The monoisotopic (exact) mass is 422 g/mol. The number of ether oxygens (including phenoxy) is 1. The standard InChI is InChI=1S/C23H27BN2O5/c1-2-3-9-30-23(28)19-6-4-5-16-12-20(24(29)31-22(16)19)26-21(27)11-15-7-8-17-13-25-14-18(17)10-15/h4-8,10,20,25,29H,2-3,9,11-14H2,1H3,(H,26,27). The van der Waals surface area contributed by atoms with Gasteiger partial charge in [0.05, 0.1) is 19.0 Å². The SMILES string of the molecule is CCCCOC(=O)c1cccc2c1OB(O)C(NC(=O)Cc1ccc3c(c1)CNC3)C2. The van der Waals surface area contributed by atoms with Crippen molar-refractivity contribution in [1.82, 2.24) is 10.6 Å². The highest BCUT2D eigenvalue weighted by Gasteiger charge is 2.37. The summed E-state index contributed by atoms with van der Waals surface area (Å²) in [7, 11) is -1.25. The summed E-state index contributed by atoms with van der Waals surface area (Å²) in [4.78, 5) is 25.0. The predicted molar refractivity (Wildman–Crippen MR) is 117 cm³/mol. The van der Waals surface area contributed by atoms with Crippen LogP contribution in [0.1, 0.15) is 52.4 Å². The molecule has 162 valence electrons. The highest BCUT2D eigenvalue weighted by Crippen LogP contribution is 2.30. The van der Waals surface area contributed by atoms with Crippen LogP contribution in [0.3, 0.4) is 0 Å². The third-order valence-electron chi connectivity index (χ3n) is 5.68. The molecule has 1 unspecified atom stereocenters. The Morgan fingerprint density at radius 1 is 1.23 bits per heavy atom. The Morgan fingerprint density at radius 2 is 2.06 bits per heavy atom. The van der Waals surface area contributed by atoms with Gasteiger partial charge in [-0.2, -0.15) is 0 Å². The van der Waals surface area contributed by atoms with Crippen molar-refractivity contribution in [3.8, 4) is 5.75 Å². The van der Waals surface area contributed by atoms with Crippen molar-refractivity contribution in [2.24, 2.45) is 0 Å². The number of hydrogen-bond acceptors (Lipinski definition) is 6. The largest absolute Gasteiger partial charge is 0.547 e. The zero-order valence-corrected chi connectivity index (χ0v) is 17.6. The van der Waals surface area contributed by atoms with E-state index in [0.717, 1.165) is 37.1 Å². The van der Waals surface area contributed by atoms with Crippen molar-refractivity contribution in [3.05, 3.63) is 64.2 Å². The normalized spacial score (nSPS) is 16.8. The maximum atomic E-state index is 12.6. The van der Waals surface area contributed by atoms with Crippen LogP contribution in [-0.2, 0) is 35.5 Å². The summed E-state index contributed by atoms with van der Waals surface area (Å²) in [6.07, 6.45) is 2.32. The number of carbonyl (C=O) groups excluding carboxylic acids is 2. The van der Waals surface area contributed by atoms with Gasteiger partial charge < -0.3 is 25.0 Å². The summed E-state index contributed by atoms with van der Waals surface area (Å²) in [5, 5.41) is 16.6. The zero-order chi connectivity index (χ0) is 21.8. The van der Waals surface area contributed by atoms with E-state index in [4.69, 9.17) is 9.39 Å². The average Bonchev–Trinajstić information content (AvgIpc) is 3.22. The Labute approximate surface area is 182 Å². The number of rotatable bonds is 7. The van der Waals surface area contributed by atoms with E-state index in [1.165, 1.54) is 11.1 Å². The molecule has 1 atom stereocenters. The minimum Gasteiger partial charge on any atom is -0.534 e. The minimum absolute atomic E-state index is 0.183. The van der Waals surface area contributed by atoms with Crippen molar-refractivity contribution >= 4 is 19.0 Å². The highest BCUT2D eigenvalue weighted by molar-refractivity contribution is 6.47. The zero-order valence-electron chi connectivity index (χ0n) is 17.6. The fourth-order valence-corrected chi connectivity index (χ4v) is 4.00. The molecule has 0 fully saturated rings. The molecule has 3 N–H and O–H groups in total. The molecule has 2 heterocycles. The third kappa shape index (κ3) is 4.91. The quantitative estimate of drug-likeness (QED) is 0.359. The molecule has 2 aromatic carbocycles. The van der Waals surface area contributed by atoms with Crippen LogP contribution < -0.4 is 15.3 Å². The molecule has 0 saturated heterocycles. The molecule has 0 radical (unpaired) electrons. The number of nitrogens with one attached hydrogen (secondary N) is 2. The Hall–Kier alpha value is -2.84.